The van der Waals surface area contributed by atoms with Crippen molar-refractivity contribution in [3.63, 3.8) is 0 Å². The molecule has 0 aromatic carbocycles. The lowest BCUT2D eigenvalue weighted by atomic mass is 10.1. The van der Waals surface area contributed by atoms with Gasteiger partial charge in [0.2, 0.25) is 0 Å². The molecule has 3 rings (SSSR count). The van der Waals surface area contributed by atoms with Gasteiger partial charge in [0, 0.05) is 0 Å². The molecule has 2 aromatic heterocycles. The van der Waals surface area contributed by atoms with E-state index >= 15 is 0 Å². The molecule has 0 bridgehead atoms. The van der Waals surface area contributed by atoms with Gasteiger partial charge in [0.1, 0.15) is 30.2 Å². The number of anilines is 1. The highest BCUT2D eigenvalue weighted by atomic mass is 31.2. The van der Waals surface area contributed by atoms with Crippen molar-refractivity contribution in [1.82, 2.24) is 19.5 Å². The van der Waals surface area contributed by atoms with E-state index in [1.165, 1.54) is 17.2 Å². The molecule has 1 saturated heterocycles. The average Bonchev–Trinajstić information content (AvgIpc) is 3.24. The van der Waals surface area contributed by atoms with Crippen LogP contribution in [0.5, 0.6) is 0 Å². The van der Waals surface area contributed by atoms with E-state index in [9.17, 15) is 10.2 Å². The van der Waals surface area contributed by atoms with Crippen LogP contribution in [0.4, 0.5) is 5.82 Å². The van der Waals surface area contributed by atoms with Crippen LogP contribution in [0.2, 0.25) is 0 Å². The molecule has 34 heteroatoms. The second-order valence-corrected chi connectivity index (χ2v) is 12.0. The fourth-order valence-electron chi connectivity index (χ4n) is 2.17. The normalized spacial score (nSPS) is 20.1. The monoisotopic (exact) mass is 757 g/mol. The largest absolute Gasteiger partial charge is 0.466 e. The lowest BCUT2D eigenvalue weighted by Crippen LogP contribution is -2.33. The molecule has 0 unspecified atom stereocenters. The first-order valence-electron chi connectivity index (χ1n) is 9.60. The van der Waals surface area contributed by atoms with Crippen LogP contribution in [0, 0.1) is 0 Å². The van der Waals surface area contributed by atoms with E-state index in [1.807, 2.05) is 0 Å². The summed E-state index contributed by atoms with van der Waals surface area (Å²) >= 11 is 0. The SMILES string of the molecule is Nc1ncnc2c1ncn2[C@@H]1O[C@H](CO)[C@@H](O)[C@H]1O.O=P(O)(O)O.O=P(O)(O)O.O=P(O)(O)O.O=P(O)(O)O.O=P(O)(O)O. The number of phosphoric acid groups is 5. The van der Waals surface area contributed by atoms with E-state index in [4.69, 9.17) is 112 Å². The van der Waals surface area contributed by atoms with Gasteiger partial charge < -0.3 is 99.2 Å². The Balaban J connectivity index is -0.000000555. The number of aromatic nitrogens is 4. The summed E-state index contributed by atoms with van der Waals surface area (Å²) in [6.45, 7) is -0.390. The van der Waals surface area contributed by atoms with Crippen molar-refractivity contribution < 1.29 is 116 Å². The van der Waals surface area contributed by atoms with Crippen molar-refractivity contribution >= 4 is 56.1 Å². The summed E-state index contributed by atoms with van der Waals surface area (Å²) in [5, 5.41) is 28.7. The van der Waals surface area contributed by atoms with Crippen molar-refractivity contribution in [3.8, 4) is 0 Å². The molecule has 2 aromatic rings. The van der Waals surface area contributed by atoms with E-state index in [2.05, 4.69) is 15.0 Å². The minimum atomic E-state index is -4.64. The molecule has 0 aliphatic carbocycles. The minimum absolute atomic E-state index is 0.218. The van der Waals surface area contributed by atoms with Crippen LogP contribution in [0.3, 0.4) is 0 Å². The number of hydrogen-bond donors (Lipinski definition) is 19. The van der Waals surface area contributed by atoms with Crippen molar-refractivity contribution in [1.29, 1.82) is 0 Å². The Bertz CT molecular complexity index is 1200. The van der Waals surface area contributed by atoms with Crippen LogP contribution >= 0.6 is 39.1 Å². The number of ether oxygens (including phenoxy) is 1. The molecule has 29 nitrogen and oxygen atoms in total. The predicted octanol–water partition coefficient (Wildman–Crippen LogP) is -6.62. The molecular weight excluding hydrogens is 729 g/mol. The third-order valence-electron chi connectivity index (χ3n) is 3.18. The van der Waals surface area contributed by atoms with E-state index in [0.29, 0.717) is 11.2 Å². The first kappa shape index (κ1) is 47.2. The molecule has 4 atom stereocenters. The third kappa shape index (κ3) is 33.6. The molecule has 1 fully saturated rings. The average molecular weight is 757 g/mol. The lowest BCUT2D eigenvalue weighted by Gasteiger charge is -2.16. The number of nitrogen functional groups attached to an aromatic ring is 1. The number of hydrogen-bond acceptors (Lipinski definition) is 13. The van der Waals surface area contributed by atoms with Gasteiger partial charge in [-0.2, -0.15) is 0 Å². The van der Waals surface area contributed by atoms with Gasteiger partial charge in [-0.3, -0.25) is 4.57 Å². The molecule has 1 aliphatic rings. The summed E-state index contributed by atoms with van der Waals surface area (Å²) in [7, 11) is -23.2. The van der Waals surface area contributed by atoms with E-state index in [-0.39, 0.29) is 5.82 Å². The van der Waals surface area contributed by atoms with Gasteiger partial charge in [0.05, 0.1) is 12.9 Å². The first-order chi connectivity index (χ1) is 19.1. The van der Waals surface area contributed by atoms with Crippen LogP contribution < -0.4 is 5.73 Å². The number of aliphatic hydroxyl groups excluding tert-OH is 3. The number of aliphatic hydroxyl groups is 3. The number of rotatable bonds is 2. The molecule has 0 amide bonds. The van der Waals surface area contributed by atoms with Crippen LogP contribution in [-0.4, -0.2) is 133 Å². The zero-order valence-electron chi connectivity index (χ0n) is 20.8. The summed E-state index contributed by atoms with van der Waals surface area (Å²) in [6.07, 6.45) is -1.42. The molecule has 0 spiro atoms. The molecule has 44 heavy (non-hydrogen) atoms. The topological polar surface area (TPSA) is 528 Å². The molecular formula is C10H28N5O24P5. The predicted molar refractivity (Wildman–Crippen MR) is 134 cm³/mol. The standard InChI is InChI=1S/C10H13N5O4.5H3O4P/c11-8-5-9(13-2-12-8)15(3-14-5)10-7(18)6(17)4(1-16)19-10;5*1-5(2,3)4/h2-4,6-7,10,16-18H,1H2,(H2,11,12,13);5*(H3,1,2,3,4)/t4-,6-,7-,10-;;;;;/m1...../s1. The molecule has 1 aliphatic heterocycles. The van der Waals surface area contributed by atoms with Gasteiger partial charge >= 0.3 is 39.1 Å². The zero-order chi connectivity index (χ0) is 36.1. The van der Waals surface area contributed by atoms with Crippen LogP contribution in [0.25, 0.3) is 11.2 Å². The van der Waals surface area contributed by atoms with Crippen molar-refractivity contribution in [2.45, 2.75) is 24.5 Å². The smallest absolute Gasteiger partial charge is 0.394 e. The first-order valence-corrected chi connectivity index (χ1v) is 17.4. The highest BCUT2D eigenvalue weighted by Crippen LogP contribution is 2.32. The van der Waals surface area contributed by atoms with Crippen LogP contribution in [0.15, 0.2) is 12.7 Å². The van der Waals surface area contributed by atoms with Gasteiger partial charge in [-0.1, -0.05) is 0 Å². The molecule has 0 saturated carbocycles. The molecule has 3 heterocycles. The summed E-state index contributed by atoms with van der Waals surface area (Å²) in [4.78, 5) is 120. The lowest BCUT2D eigenvalue weighted by molar-refractivity contribution is -0.0511. The number of imidazole rings is 1. The van der Waals surface area contributed by atoms with Crippen molar-refractivity contribution in [3.05, 3.63) is 12.7 Å². The van der Waals surface area contributed by atoms with E-state index in [1.54, 1.807) is 0 Å². The number of fused-ring (bicyclic) bond motifs is 1. The summed E-state index contributed by atoms with van der Waals surface area (Å²) < 4.78 is 51.3. The fourth-order valence-corrected chi connectivity index (χ4v) is 2.17. The van der Waals surface area contributed by atoms with Crippen LogP contribution in [-0.2, 0) is 27.6 Å². The highest BCUT2D eigenvalue weighted by Gasteiger charge is 2.44. The van der Waals surface area contributed by atoms with Gasteiger partial charge in [-0.15, -0.1) is 0 Å². The Morgan fingerprint density at radius 3 is 1.30 bits per heavy atom. The second kappa shape index (κ2) is 19.4. The number of nitrogens with zero attached hydrogens (tertiary/aromatic N) is 4. The second-order valence-electron chi connectivity index (χ2n) is 6.88. The number of nitrogens with two attached hydrogens (primary N) is 1. The Morgan fingerprint density at radius 1 is 0.659 bits per heavy atom. The van der Waals surface area contributed by atoms with E-state index in [0.717, 1.165) is 0 Å². The maximum Gasteiger partial charge on any atom is 0.466 e. The summed E-state index contributed by atoms with van der Waals surface area (Å²) in [6, 6.07) is 0. The summed E-state index contributed by atoms with van der Waals surface area (Å²) in [5.74, 6) is 0.218. The maximum absolute atomic E-state index is 9.95. The van der Waals surface area contributed by atoms with E-state index < -0.39 is 70.3 Å². The third-order valence-corrected chi connectivity index (χ3v) is 3.18. The Hall–Kier alpha value is -1.26. The van der Waals surface area contributed by atoms with Crippen LogP contribution in [0.1, 0.15) is 6.23 Å². The highest BCUT2D eigenvalue weighted by molar-refractivity contribution is 7.46. The van der Waals surface area contributed by atoms with Gasteiger partial charge in [0.15, 0.2) is 17.7 Å². The Labute approximate surface area is 242 Å². The van der Waals surface area contributed by atoms with Crippen molar-refractivity contribution in [2.75, 3.05) is 12.3 Å². The molecule has 262 valence electrons. The maximum atomic E-state index is 9.95. The Morgan fingerprint density at radius 2 is 1.00 bits per heavy atom. The Kier molecular flexibility index (Phi) is 20.8. The summed E-state index contributed by atoms with van der Waals surface area (Å²) in [5.41, 5.74) is 6.44. The zero-order valence-corrected chi connectivity index (χ0v) is 25.2. The molecule has 20 N–H and O–H groups in total. The quantitative estimate of drug-likeness (QED) is 0.127. The van der Waals surface area contributed by atoms with Gasteiger partial charge in [-0.05, 0) is 0 Å². The minimum Gasteiger partial charge on any atom is -0.394 e. The molecule has 0 radical (unpaired) electrons. The van der Waals surface area contributed by atoms with Crippen molar-refractivity contribution in [2.24, 2.45) is 0 Å². The van der Waals surface area contributed by atoms with Gasteiger partial charge in [-0.25, -0.2) is 37.8 Å². The fraction of sp³-hybridized carbons (Fsp3) is 0.500. The van der Waals surface area contributed by atoms with Gasteiger partial charge in [0.25, 0.3) is 0 Å².